The number of aromatic nitrogens is 2. The molecular weight excluding hydrogens is 216 g/mol. The lowest BCUT2D eigenvalue weighted by Gasteiger charge is -2.32. The van der Waals surface area contributed by atoms with Crippen LogP contribution in [-0.4, -0.2) is 36.0 Å². The van der Waals surface area contributed by atoms with Crippen LogP contribution in [0.15, 0.2) is 0 Å². The molecule has 0 radical (unpaired) electrons. The van der Waals surface area contributed by atoms with E-state index in [0.717, 1.165) is 24.3 Å². The van der Waals surface area contributed by atoms with Crippen molar-refractivity contribution >= 4 is 5.82 Å². The van der Waals surface area contributed by atoms with Gasteiger partial charge in [0.05, 0.1) is 18.4 Å². The third kappa shape index (κ3) is 2.22. The third-order valence-electron chi connectivity index (χ3n) is 3.09. The van der Waals surface area contributed by atoms with Crippen molar-refractivity contribution < 1.29 is 4.74 Å². The van der Waals surface area contributed by atoms with Crippen LogP contribution in [0, 0.1) is 25.2 Å². The summed E-state index contributed by atoms with van der Waals surface area (Å²) in [7, 11) is 0. The van der Waals surface area contributed by atoms with Crippen LogP contribution < -0.4 is 4.90 Å². The van der Waals surface area contributed by atoms with Crippen molar-refractivity contribution in [3.05, 3.63) is 16.8 Å². The highest BCUT2D eigenvalue weighted by molar-refractivity contribution is 5.57. The second kappa shape index (κ2) is 4.68. The van der Waals surface area contributed by atoms with Gasteiger partial charge in [-0.15, -0.1) is 5.10 Å². The van der Waals surface area contributed by atoms with Gasteiger partial charge in [0.15, 0.2) is 5.82 Å². The molecule has 0 unspecified atom stereocenters. The minimum Gasteiger partial charge on any atom is -0.375 e. The smallest absolute Gasteiger partial charge is 0.169 e. The van der Waals surface area contributed by atoms with Crippen LogP contribution in [0.1, 0.15) is 23.7 Å². The second-order valence-electron chi connectivity index (χ2n) is 4.35. The molecule has 1 aromatic heterocycles. The summed E-state index contributed by atoms with van der Waals surface area (Å²) in [5, 5.41) is 17.5. The normalized spacial score (nSPS) is 20.1. The first-order chi connectivity index (χ1) is 8.13. The molecule has 1 saturated heterocycles. The maximum Gasteiger partial charge on any atom is 0.169 e. The molecule has 1 atom stereocenters. The summed E-state index contributed by atoms with van der Waals surface area (Å²) < 4.78 is 5.48. The van der Waals surface area contributed by atoms with Gasteiger partial charge in [0.25, 0.3) is 0 Å². The van der Waals surface area contributed by atoms with E-state index < -0.39 is 0 Å². The second-order valence-corrected chi connectivity index (χ2v) is 4.35. The van der Waals surface area contributed by atoms with E-state index in [1.807, 2.05) is 20.8 Å². The lowest BCUT2D eigenvalue weighted by molar-refractivity contribution is 0.0528. The standard InChI is InChI=1S/C12H16N4O/c1-8-7-16(4-5-17-8)12-11(6-13)9(2)10(3)14-15-12/h8H,4-5,7H2,1-3H3/t8-/m0/s1. The number of hydrogen-bond acceptors (Lipinski definition) is 5. The Kier molecular flexibility index (Phi) is 3.25. The minimum atomic E-state index is 0.165. The molecule has 90 valence electrons. The lowest BCUT2D eigenvalue weighted by Crippen LogP contribution is -2.42. The number of rotatable bonds is 1. The monoisotopic (exact) mass is 232 g/mol. The molecule has 0 amide bonds. The molecule has 0 aromatic carbocycles. The Morgan fingerprint density at radius 1 is 1.41 bits per heavy atom. The summed E-state index contributed by atoms with van der Waals surface area (Å²) in [5.74, 6) is 0.686. The average Bonchev–Trinajstić information content (AvgIpc) is 2.32. The van der Waals surface area contributed by atoms with Crippen molar-refractivity contribution in [2.24, 2.45) is 0 Å². The van der Waals surface area contributed by atoms with Crippen LogP contribution >= 0.6 is 0 Å². The Morgan fingerprint density at radius 2 is 2.18 bits per heavy atom. The number of nitriles is 1. The Bertz CT molecular complexity index is 466. The Labute approximate surface area is 101 Å². The predicted molar refractivity (Wildman–Crippen MR) is 63.8 cm³/mol. The molecule has 5 heteroatoms. The fraction of sp³-hybridized carbons (Fsp3) is 0.583. The van der Waals surface area contributed by atoms with Crippen molar-refractivity contribution in [1.29, 1.82) is 5.26 Å². The van der Waals surface area contributed by atoms with E-state index in [1.165, 1.54) is 0 Å². The van der Waals surface area contributed by atoms with Crippen LogP contribution in [0.4, 0.5) is 5.82 Å². The molecule has 0 N–H and O–H groups in total. The van der Waals surface area contributed by atoms with Gasteiger partial charge in [0.2, 0.25) is 0 Å². The number of aryl methyl sites for hydroxylation is 1. The van der Waals surface area contributed by atoms with Gasteiger partial charge in [-0.3, -0.25) is 0 Å². The van der Waals surface area contributed by atoms with Gasteiger partial charge in [0.1, 0.15) is 11.6 Å². The van der Waals surface area contributed by atoms with Gasteiger partial charge < -0.3 is 9.64 Å². The van der Waals surface area contributed by atoms with E-state index in [1.54, 1.807) is 0 Å². The molecule has 1 aromatic rings. The zero-order valence-electron chi connectivity index (χ0n) is 10.4. The molecule has 1 aliphatic rings. The van der Waals surface area contributed by atoms with Gasteiger partial charge >= 0.3 is 0 Å². The van der Waals surface area contributed by atoms with Gasteiger partial charge in [-0.1, -0.05) is 0 Å². The molecule has 2 heterocycles. The van der Waals surface area contributed by atoms with Gasteiger partial charge in [0, 0.05) is 13.1 Å². The predicted octanol–water partition coefficient (Wildman–Crippen LogP) is 1.19. The van der Waals surface area contributed by atoms with Crippen LogP contribution in [0.3, 0.4) is 0 Å². The van der Waals surface area contributed by atoms with E-state index >= 15 is 0 Å². The molecule has 1 fully saturated rings. The van der Waals surface area contributed by atoms with E-state index in [-0.39, 0.29) is 6.10 Å². The minimum absolute atomic E-state index is 0.165. The number of hydrogen-bond donors (Lipinski definition) is 0. The zero-order valence-corrected chi connectivity index (χ0v) is 10.4. The van der Waals surface area contributed by atoms with Crippen LogP contribution in [0.25, 0.3) is 0 Å². The maximum absolute atomic E-state index is 9.24. The Balaban J connectivity index is 2.38. The molecule has 0 spiro atoms. The first-order valence-corrected chi connectivity index (χ1v) is 5.74. The van der Waals surface area contributed by atoms with Gasteiger partial charge in [-0.2, -0.15) is 10.4 Å². The summed E-state index contributed by atoms with van der Waals surface area (Å²) in [4.78, 5) is 2.08. The topological polar surface area (TPSA) is 62.0 Å². The average molecular weight is 232 g/mol. The molecule has 1 aliphatic heterocycles. The highest BCUT2D eigenvalue weighted by atomic mass is 16.5. The highest BCUT2D eigenvalue weighted by Crippen LogP contribution is 2.22. The van der Waals surface area contributed by atoms with E-state index in [4.69, 9.17) is 4.74 Å². The number of ether oxygens (including phenoxy) is 1. The number of morpholine rings is 1. The lowest BCUT2D eigenvalue weighted by atomic mass is 10.1. The van der Waals surface area contributed by atoms with Crippen molar-refractivity contribution in [2.75, 3.05) is 24.6 Å². The largest absolute Gasteiger partial charge is 0.375 e. The molecule has 5 nitrogen and oxygen atoms in total. The molecule has 2 rings (SSSR count). The first kappa shape index (κ1) is 11.8. The number of nitrogens with zero attached hydrogens (tertiary/aromatic N) is 4. The Hall–Kier alpha value is -1.67. The van der Waals surface area contributed by atoms with E-state index in [9.17, 15) is 5.26 Å². The molecule has 17 heavy (non-hydrogen) atoms. The van der Waals surface area contributed by atoms with Gasteiger partial charge in [-0.25, -0.2) is 0 Å². The third-order valence-corrected chi connectivity index (χ3v) is 3.09. The quantitative estimate of drug-likeness (QED) is 0.727. The van der Waals surface area contributed by atoms with Crippen molar-refractivity contribution in [3.63, 3.8) is 0 Å². The summed E-state index contributed by atoms with van der Waals surface area (Å²) in [6.45, 7) is 7.99. The molecule has 0 aliphatic carbocycles. The van der Waals surface area contributed by atoms with Crippen molar-refractivity contribution in [1.82, 2.24) is 10.2 Å². The fourth-order valence-corrected chi connectivity index (χ4v) is 1.96. The zero-order chi connectivity index (χ0) is 12.4. The number of anilines is 1. The van der Waals surface area contributed by atoms with E-state index in [2.05, 4.69) is 21.2 Å². The van der Waals surface area contributed by atoms with Crippen molar-refractivity contribution in [2.45, 2.75) is 26.9 Å². The summed E-state index contributed by atoms with van der Waals surface area (Å²) >= 11 is 0. The maximum atomic E-state index is 9.24. The fourth-order valence-electron chi connectivity index (χ4n) is 1.96. The SMILES string of the molecule is Cc1nnc(N2CCO[C@@H](C)C2)c(C#N)c1C. The van der Waals surface area contributed by atoms with Crippen molar-refractivity contribution in [3.8, 4) is 6.07 Å². The summed E-state index contributed by atoms with van der Waals surface area (Å²) in [6, 6.07) is 2.23. The van der Waals surface area contributed by atoms with Crippen LogP contribution in [0.2, 0.25) is 0 Å². The van der Waals surface area contributed by atoms with E-state index in [0.29, 0.717) is 18.0 Å². The molecule has 0 saturated carbocycles. The first-order valence-electron chi connectivity index (χ1n) is 5.74. The summed E-state index contributed by atoms with van der Waals surface area (Å²) in [5.41, 5.74) is 2.36. The van der Waals surface area contributed by atoms with Gasteiger partial charge in [-0.05, 0) is 26.3 Å². The molecule has 0 bridgehead atoms. The highest BCUT2D eigenvalue weighted by Gasteiger charge is 2.22. The van der Waals surface area contributed by atoms with Crippen LogP contribution in [-0.2, 0) is 4.74 Å². The molecular formula is C12H16N4O. The Morgan fingerprint density at radius 3 is 2.82 bits per heavy atom. The summed E-state index contributed by atoms with van der Waals surface area (Å²) in [6.07, 6.45) is 0.165. The van der Waals surface area contributed by atoms with Crippen LogP contribution in [0.5, 0.6) is 0 Å².